The van der Waals surface area contributed by atoms with Crippen LogP contribution in [0.3, 0.4) is 0 Å². The molecule has 0 aliphatic carbocycles. The van der Waals surface area contributed by atoms with E-state index in [4.69, 9.17) is 15.7 Å². The molecule has 10 heavy (non-hydrogen) atoms. The zero-order chi connectivity index (χ0) is 7.99. The van der Waals surface area contributed by atoms with Gasteiger partial charge in [0.2, 0.25) is 0 Å². The zero-order valence-corrected chi connectivity index (χ0v) is 5.84. The molecule has 1 rings (SSSR count). The van der Waals surface area contributed by atoms with Crippen LogP contribution in [0.2, 0.25) is 0 Å². The van der Waals surface area contributed by atoms with E-state index in [0.29, 0.717) is 0 Å². The Morgan fingerprint density at radius 2 is 2.10 bits per heavy atom. The molecule has 1 heterocycles. The van der Waals surface area contributed by atoms with Crippen LogP contribution in [0.1, 0.15) is 13.8 Å². The first-order valence-electron chi connectivity index (χ1n) is 2.87. The lowest BCUT2D eigenvalue weighted by atomic mass is 9.97. The van der Waals surface area contributed by atoms with Crippen molar-refractivity contribution in [1.29, 1.82) is 5.26 Å². The summed E-state index contributed by atoms with van der Waals surface area (Å²) < 4.78 is 4.87. The minimum absolute atomic E-state index is 0.701. The molecule has 0 radical (unpaired) electrons. The number of rotatable bonds is 1. The Morgan fingerprint density at radius 3 is 2.10 bits per heavy atom. The fourth-order valence-electron chi connectivity index (χ4n) is 0.917. The van der Waals surface area contributed by atoms with E-state index in [0.717, 1.165) is 0 Å². The van der Waals surface area contributed by atoms with Gasteiger partial charge in [0.15, 0.2) is 0 Å². The molecule has 2 N–H and O–H groups in total. The van der Waals surface area contributed by atoms with Gasteiger partial charge in [0.1, 0.15) is 11.7 Å². The molecule has 1 saturated heterocycles. The van der Waals surface area contributed by atoms with Gasteiger partial charge in [0, 0.05) is 0 Å². The van der Waals surface area contributed by atoms with Crippen molar-refractivity contribution >= 4 is 5.91 Å². The number of nitrogens with zero attached hydrogens (tertiary/aromatic N) is 1. The second kappa shape index (κ2) is 1.50. The van der Waals surface area contributed by atoms with Gasteiger partial charge in [-0.25, -0.2) is 0 Å². The number of hydrogen-bond acceptors (Lipinski definition) is 3. The zero-order valence-electron chi connectivity index (χ0n) is 5.84. The standard InChI is InChI=1S/C6H8N2O2/c1-5(2)6(3-7,10-5)4(8)9/h1-2H3,(H2,8,9). The number of carbonyl (C=O) groups is 1. The van der Waals surface area contributed by atoms with Crippen LogP contribution < -0.4 is 5.73 Å². The van der Waals surface area contributed by atoms with E-state index >= 15 is 0 Å². The molecule has 54 valence electrons. The second-order valence-corrected chi connectivity index (χ2v) is 2.77. The maximum Gasteiger partial charge on any atom is 0.267 e. The van der Waals surface area contributed by atoms with Crippen LogP contribution >= 0.6 is 0 Å². The van der Waals surface area contributed by atoms with Crippen molar-refractivity contribution < 1.29 is 9.53 Å². The molecular formula is C6H8N2O2. The van der Waals surface area contributed by atoms with Crippen molar-refractivity contribution in [2.45, 2.75) is 25.0 Å². The minimum atomic E-state index is -1.37. The van der Waals surface area contributed by atoms with Crippen molar-refractivity contribution in [2.24, 2.45) is 5.73 Å². The van der Waals surface area contributed by atoms with Crippen LogP contribution in [0.15, 0.2) is 0 Å². The summed E-state index contributed by atoms with van der Waals surface area (Å²) in [7, 11) is 0. The monoisotopic (exact) mass is 140 g/mol. The average Bonchev–Trinajstić information content (AvgIpc) is 2.35. The first-order chi connectivity index (χ1) is 4.46. The fraction of sp³-hybridized carbons (Fsp3) is 0.667. The van der Waals surface area contributed by atoms with Gasteiger partial charge in [-0.15, -0.1) is 0 Å². The first kappa shape index (κ1) is 7.03. The van der Waals surface area contributed by atoms with Gasteiger partial charge in [-0.1, -0.05) is 0 Å². The third-order valence-corrected chi connectivity index (χ3v) is 1.72. The van der Waals surface area contributed by atoms with Crippen molar-refractivity contribution in [3.63, 3.8) is 0 Å². The van der Waals surface area contributed by atoms with Crippen LogP contribution in [0.4, 0.5) is 0 Å². The Kier molecular flexibility index (Phi) is 1.05. The summed E-state index contributed by atoms with van der Waals surface area (Å²) in [6, 6.07) is 1.75. The molecule has 1 aliphatic heterocycles. The third-order valence-electron chi connectivity index (χ3n) is 1.72. The van der Waals surface area contributed by atoms with Gasteiger partial charge in [-0.05, 0) is 13.8 Å². The molecule has 1 unspecified atom stereocenters. The Balaban J connectivity index is 2.92. The minimum Gasteiger partial charge on any atom is -0.366 e. The Morgan fingerprint density at radius 1 is 1.70 bits per heavy atom. The quantitative estimate of drug-likeness (QED) is 0.500. The lowest BCUT2D eigenvalue weighted by Crippen LogP contribution is -2.35. The molecule has 0 aromatic heterocycles. The summed E-state index contributed by atoms with van der Waals surface area (Å²) in [6.45, 7) is 3.31. The summed E-state index contributed by atoms with van der Waals surface area (Å²) in [4.78, 5) is 10.6. The first-order valence-corrected chi connectivity index (χ1v) is 2.87. The van der Waals surface area contributed by atoms with Gasteiger partial charge in [-0.2, -0.15) is 5.26 Å². The van der Waals surface area contributed by atoms with E-state index in [2.05, 4.69) is 0 Å². The van der Waals surface area contributed by atoms with Crippen molar-refractivity contribution in [3.05, 3.63) is 0 Å². The molecule has 1 atom stereocenters. The van der Waals surface area contributed by atoms with Crippen LogP contribution in [0.5, 0.6) is 0 Å². The number of ether oxygens (including phenoxy) is 1. The number of nitrogens with two attached hydrogens (primary N) is 1. The topological polar surface area (TPSA) is 79.4 Å². The van der Waals surface area contributed by atoms with Crippen molar-refractivity contribution in [2.75, 3.05) is 0 Å². The van der Waals surface area contributed by atoms with E-state index in [1.165, 1.54) is 0 Å². The van der Waals surface area contributed by atoms with Crippen LogP contribution in [0.25, 0.3) is 0 Å². The van der Waals surface area contributed by atoms with E-state index in [1.807, 2.05) is 0 Å². The molecule has 0 aromatic carbocycles. The van der Waals surface area contributed by atoms with E-state index in [9.17, 15) is 4.79 Å². The number of nitriles is 1. The molecule has 4 nitrogen and oxygen atoms in total. The van der Waals surface area contributed by atoms with Gasteiger partial charge in [0.05, 0.1) is 0 Å². The van der Waals surface area contributed by atoms with Crippen molar-refractivity contribution in [3.8, 4) is 6.07 Å². The number of epoxide rings is 1. The second-order valence-electron chi connectivity index (χ2n) is 2.77. The molecule has 0 spiro atoms. The van der Waals surface area contributed by atoms with Crippen LogP contribution in [0, 0.1) is 11.3 Å². The highest BCUT2D eigenvalue weighted by atomic mass is 16.6. The summed E-state index contributed by atoms with van der Waals surface area (Å²) in [5.41, 5.74) is 2.86. The lowest BCUT2D eigenvalue weighted by Gasteiger charge is -1.97. The number of hydrogen-bond donors (Lipinski definition) is 1. The molecule has 0 bridgehead atoms. The molecule has 1 aliphatic rings. The van der Waals surface area contributed by atoms with E-state index < -0.39 is 17.1 Å². The largest absolute Gasteiger partial charge is 0.366 e. The summed E-state index contributed by atoms with van der Waals surface area (Å²) in [5.74, 6) is -0.708. The number of amides is 1. The maximum absolute atomic E-state index is 10.6. The van der Waals surface area contributed by atoms with Gasteiger partial charge in [0.25, 0.3) is 11.5 Å². The number of carbonyl (C=O) groups excluding carboxylic acids is 1. The highest BCUT2D eigenvalue weighted by Gasteiger charge is 2.69. The molecule has 1 amide bonds. The normalized spacial score (nSPS) is 34.5. The Bertz CT molecular complexity index is 228. The molecule has 0 aromatic rings. The van der Waals surface area contributed by atoms with Gasteiger partial charge >= 0.3 is 0 Å². The van der Waals surface area contributed by atoms with Gasteiger partial charge < -0.3 is 10.5 Å². The van der Waals surface area contributed by atoms with E-state index in [-0.39, 0.29) is 0 Å². The highest BCUT2D eigenvalue weighted by Crippen LogP contribution is 2.46. The maximum atomic E-state index is 10.6. The predicted molar refractivity (Wildman–Crippen MR) is 32.7 cm³/mol. The Hall–Kier alpha value is -1.08. The third kappa shape index (κ3) is 0.554. The molecule has 1 fully saturated rings. The van der Waals surface area contributed by atoms with Crippen LogP contribution in [-0.4, -0.2) is 17.1 Å². The summed E-state index contributed by atoms with van der Waals surface area (Å²) >= 11 is 0. The Labute approximate surface area is 58.6 Å². The molecular weight excluding hydrogens is 132 g/mol. The van der Waals surface area contributed by atoms with E-state index in [1.54, 1.807) is 19.9 Å². The summed E-state index contributed by atoms with van der Waals surface area (Å²) in [5, 5.41) is 8.49. The van der Waals surface area contributed by atoms with Crippen molar-refractivity contribution in [1.82, 2.24) is 0 Å². The molecule has 0 saturated carbocycles. The number of primary amides is 1. The average molecular weight is 140 g/mol. The smallest absolute Gasteiger partial charge is 0.267 e. The lowest BCUT2D eigenvalue weighted by molar-refractivity contribution is -0.121. The van der Waals surface area contributed by atoms with Gasteiger partial charge in [-0.3, -0.25) is 4.79 Å². The SMILES string of the molecule is CC1(C)OC1(C#N)C(N)=O. The van der Waals surface area contributed by atoms with Crippen LogP contribution in [-0.2, 0) is 9.53 Å². The fourth-order valence-corrected chi connectivity index (χ4v) is 0.917. The summed E-state index contributed by atoms with van der Waals surface area (Å²) in [6.07, 6.45) is 0. The predicted octanol–water partition coefficient (Wildman–Crippen LogP) is -0.457. The molecule has 4 heteroatoms. The highest BCUT2D eigenvalue weighted by molar-refractivity contribution is 5.91.